The molecule has 4 rings (SSSR count). The van der Waals surface area contributed by atoms with Gasteiger partial charge in [-0.1, -0.05) is 45.8 Å². The van der Waals surface area contributed by atoms with E-state index in [4.69, 9.17) is 9.15 Å². The zero-order valence-corrected chi connectivity index (χ0v) is 24.1. The van der Waals surface area contributed by atoms with Gasteiger partial charge in [-0.15, -0.1) is 0 Å². The number of furan rings is 1. The Hall–Kier alpha value is -4.22. The molecule has 3 aromatic carbocycles. The summed E-state index contributed by atoms with van der Waals surface area (Å²) >= 11 is 3.34. The number of hydrazone groups is 1. The molecule has 0 unspecified atom stereocenters. The SMILES string of the molecule is CCOC(=O)c1ccc(-c2ccc(/C=N\NC(=O)CN(c3ccc(Br)cc3)S(=O)(=O)c3ccc(C)cc3)o2)cc1. The van der Waals surface area contributed by atoms with Crippen LogP contribution >= 0.6 is 15.9 Å². The molecule has 0 aliphatic rings. The zero-order valence-electron chi connectivity index (χ0n) is 21.7. The van der Waals surface area contributed by atoms with E-state index in [0.717, 1.165) is 19.9 Å². The minimum atomic E-state index is -4.04. The Bertz CT molecular complexity index is 1610. The van der Waals surface area contributed by atoms with Crippen LogP contribution in [0.15, 0.2) is 104 Å². The highest BCUT2D eigenvalue weighted by atomic mass is 79.9. The van der Waals surface area contributed by atoms with Crippen molar-refractivity contribution in [2.45, 2.75) is 18.7 Å². The van der Waals surface area contributed by atoms with Crippen molar-refractivity contribution in [3.63, 3.8) is 0 Å². The van der Waals surface area contributed by atoms with Crippen molar-refractivity contribution in [3.05, 3.63) is 106 Å². The highest BCUT2D eigenvalue weighted by Crippen LogP contribution is 2.26. The topological polar surface area (TPSA) is 118 Å². The van der Waals surface area contributed by atoms with Crippen LogP contribution in [0, 0.1) is 6.92 Å². The van der Waals surface area contributed by atoms with Crippen LogP contribution in [0.3, 0.4) is 0 Å². The van der Waals surface area contributed by atoms with Gasteiger partial charge in [0.25, 0.3) is 15.9 Å². The normalized spacial score (nSPS) is 11.4. The number of halogens is 1. The van der Waals surface area contributed by atoms with E-state index in [9.17, 15) is 18.0 Å². The monoisotopic (exact) mass is 623 g/mol. The van der Waals surface area contributed by atoms with Gasteiger partial charge in [0.15, 0.2) is 0 Å². The third-order valence-corrected chi connectivity index (χ3v) is 8.02. The molecule has 4 aromatic rings. The summed E-state index contributed by atoms with van der Waals surface area (Å²) in [4.78, 5) is 24.7. The first kappa shape index (κ1) is 28.8. The minimum Gasteiger partial charge on any atom is -0.462 e. The maximum Gasteiger partial charge on any atom is 0.338 e. The highest BCUT2D eigenvalue weighted by molar-refractivity contribution is 9.10. The van der Waals surface area contributed by atoms with Gasteiger partial charge in [0.05, 0.1) is 29.0 Å². The maximum atomic E-state index is 13.4. The second kappa shape index (κ2) is 12.8. The van der Waals surface area contributed by atoms with Crippen LogP contribution < -0.4 is 9.73 Å². The molecule has 0 aliphatic heterocycles. The Morgan fingerprint density at radius 1 is 0.975 bits per heavy atom. The Morgan fingerprint density at radius 2 is 1.65 bits per heavy atom. The number of carbonyl (C=O) groups is 2. The number of nitrogens with one attached hydrogen (secondary N) is 1. The van der Waals surface area contributed by atoms with E-state index in [0.29, 0.717) is 29.4 Å². The Labute approximate surface area is 240 Å². The Kier molecular flexibility index (Phi) is 9.18. The van der Waals surface area contributed by atoms with E-state index in [2.05, 4.69) is 26.5 Å². The third-order valence-electron chi connectivity index (χ3n) is 5.70. The molecule has 0 saturated carbocycles. The molecule has 0 spiro atoms. The maximum absolute atomic E-state index is 13.4. The number of anilines is 1. The number of hydrogen-bond donors (Lipinski definition) is 1. The molecule has 1 N–H and O–H groups in total. The van der Waals surface area contributed by atoms with Gasteiger partial charge >= 0.3 is 5.97 Å². The predicted molar refractivity (Wildman–Crippen MR) is 156 cm³/mol. The molecule has 40 heavy (non-hydrogen) atoms. The number of carbonyl (C=O) groups excluding carboxylic acids is 2. The molecule has 0 bridgehead atoms. The Balaban J connectivity index is 1.45. The first-order valence-corrected chi connectivity index (χ1v) is 14.4. The van der Waals surface area contributed by atoms with Gasteiger partial charge in [0.1, 0.15) is 18.1 Å². The second-order valence-corrected chi connectivity index (χ2v) is 11.4. The molecule has 1 amide bonds. The molecule has 0 aliphatic carbocycles. The van der Waals surface area contributed by atoms with E-state index in [-0.39, 0.29) is 4.90 Å². The second-order valence-electron chi connectivity index (χ2n) is 8.59. The van der Waals surface area contributed by atoms with Crippen molar-refractivity contribution in [3.8, 4) is 11.3 Å². The average Bonchev–Trinajstić information content (AvgIpc) is 3.42. The summed E-state index contributed by atoms with van der Waals surface area (Å²) in [5.74, 6) is -0.144. The van der Waals surface area contributed by atoms with Gasteiger partial charge in [-0.2, -0.15) is 5.10 Å². The van der Waals surface area contributed by atoms with Crippen molar-refractivity contribution in [1.82, 2.24) is 5.43 Å². The van der Waals surface area contributed by atoms with E-state index < -0.39 is 28.4 Å². The lowest BCUT2D eigenvalue weighted by atomic mass is 10.1. The smallest absolute Gasteiger partial charge is 0.338 e. The fourth-order valence-electron chi connectivity index (χ4n) is 3.66. The zero-order chi connectivity index (χ0) is 28.7. The number of rotatable bonds is 10. The highest BCUT2D eigenvalue weighted by Gasteiger charge is 2.27. The molecular weight excluding hydrogens is 598 g/mol. The number of hydrogen-bond acceptors (Lipinski definition) is 7. The van der Waals surface area contributed by atoms with Crippen molar-refractivity contribution in [2.24, 2.45) is 5.10 Å². The molecule has 0 fully saturated rings. The average molecular weight is 625 g/mol. The van der Waals surface area contributed by atoms with E-state index in [1.807, 2.05) is 6.92 Å². The van der Waals surface area contributed by atoms with Crippen LogP contribution in [-0.4, -0.2) is 39.7 Å². The minimum absolute atomic E-state index is 0.0655. The molecule has 1 heterocycles. The summed E-state index contributed by atoms with van der Waals surface area (Å²) in [6.07, 6.45) is 1.31. The van der Waals surface area contributed by atoms with E-state index in [1.54, 1.807) is 79.7 Å². The molecule has 1 aromatic heterocycles. The van der Waals surface area contributed by atoms with Gasteiger partial charge < -0.3 is 9.15 Å². The van der Waals surface area contributed by atoms with Gasteiger partial charge in [0.2, 0.25) is 0 Å². The number of aryl methyl sites for hydroxylation is 1. The summed E-state index contributed by atoms with van der Waals surface area (Å²) < 4.78 is 39.4. The number of nitrogens with zero attached hydrogens (tertiary/aromatic N) is 2. The number of ether oxygens (including phenoxy) is 1. The number of esters is 1. The van der Waals surface area contributed by atoms with Crippen LogP contribution in [0.2, 0.25) is 0 Å². The molecule has 0 radical (unpaired) electrons. The van der Waals surface area contributed by atoms with Crippen molar-refractivity contribution in [2.75, 3.05) is 17.5 Å². The van der Waals surface area contributed by atoms with Crippen LogP contribution in [0.1, 0.15) is 28.6 Å². The van der Waals surface area contributed by atoms with E-state index >= 15 is 0 Å². The fraction of sp³-hybridized carbons (Fsp3) is 0.138. The van der Waals surface area contributed by atoms with Gasteiger partial charge in [-0.3, -0.25) is 9.10 Å². The lowest BCUT2D eigenvalue weighted by Gasteiger charge is -2.23. The number of sulfonamides is 1. The quantitative estimate of drug-likeness (QED) is 0.141. The summed E-state index contributed by atoms with van der Waals surface area (Å²) in [6.45, 7) is 3.40. The summed E-state index contributed by atoms with van der Waals surface area (Å²) in [5, 5.41) is 3.93. The Morgan fingerprint density at radius 3 is 2.30 bits per heavy atom. The number of benzene rings is 3. The molecule has 0 atom stereocenters. The van der Waals surface area contributed by atoms with Gasteiger partial charge in [0, 0.05) is 10.0 Å². The summed E-state index contributed by atoms with van der Waals surface area (Å²) in [5.41, 5.74) is 4.77. The summed E-state index contributed by atoms with van der Waals surface area (Å²) in [6, 6.07) is 23.2. The first-order valence-electron chi connectivity index (χ1n) is 12.2. The molecule has 206 valence electrons. The molecule has 9 nitrogen and oxygen atoms in total. The lowest BCUT2D eigenvalue weighted by Crippen LogP contribution is -2.39. The largest absolute Gasteiger partial charge is 0.462 e. The van der Waals surface area contributed by atoms with Crippen molar-refractivity contribution < 1.29 is 27.2 Å². The van der Waals surface area contributed by atoms with Crippen molar-refractivity contribution in [1.29, 1.82) is 0 Å². The molecular formula is C29H26BrN3O6S. The van der Waals surface area contributed by atoms with Crippen LogP contribution in [0.25, 0.3) is 11.3 Å². The van der Waals surface area contributed by atoms with E-state index in [1.165, 1.54) is 18.3 Å². The predicted octanol–water partition coefficient (Wildman–Crippen LogP) is 5.54. The van der Waals surface area contributed by atoms with Crippen molar-refractivity contribution >= 4 is 49.7 Å². The fourth-order valence-corrected chi connectivity index (χ4v) is 5.34. The molecule has 0 saturated heterocycles. The van der Waals surface area contributed by atoms with Crippen LogP contribution in [0.5, 0.6) is 0 Å². The van der Waals surface area contributed by atoms with Crippen LogP contribution in [-0.2, 0) is 19.6 Å². The molecule has 11 heteroatoms. The van der Waals surface area contributed by atoms with Crippen LogP contribution in [0.4, 0.5) is 5.69 Å². The summed E-state index contributed by atoms with van der Waals surface area (Å²) in [7, 11) is -4.04. The van der Waals surface area contributed by atoms with Gasteiger partial charge in [-0.25, -0.2) is 18.6 Å². The standard InChI is InChI=1S/C29H26BrN3O6S/c1-3-38-29(35)22-8-6-21(7-9-22)27-17-14-25(39-27)18-31-32-28(34)19-33(24-12-10-23(30)11-13-24)40(36,37)26-15-4-20(2)5-16-26/h4-18H,3,19H2,1-2H3,(H,32,34)/b31-18-. The lowest BCUT2D eigenvalue weighted by molar-refractivity contribution is -0.119. The van der Waals surface area contributed by atoms with Gasteiger partial charge in [-0.05, 0) is 74.5 Å². The number of amides is 1. The third kappa shape index (κ3) is 7.04. The first-order chi connectivity index (χ1) is 19.2.